The predicted octanol–water partition coefficient (Wildman–Crippen LogP) is 2.46. The van der Waals surface area contributed by atoms with Crippen LogP contribution in [0, 0.1) is 11.3 Å². The van der Waals surface area contributed by atoms with Crippen molar-refractivity contribution in [2.24, 2.45) is 11.3 Å². The fourth-order valence-corrected chi connectivity index (χ4v) is 4.25. The third-order valence-electron chi connectivity index (χ3n) is 3.79. The largest absolute Gasteiger partial charge is 0.311 e. The van der Waals surface area contributed by atoms with Crippen molar-refractivity contribution in [1.29, 1.82) is 0 Å². The lowest BCUT2D eigenvalue weighted by molar-refractivity contribution is 0.206. The summed E-state index contributed by atoms with van der Waals surface area (Å²) in [5.41, 5.74) is 0.382. The fraction of sp³-hybridized carbons (Fsp3) is 1.00. The summed E-state index contributed by atoms with van der Waals surface area (Å²) in [5.74, 6) is 0.428. The molecule has 5 heteroatoms. The van der Waals surface area contributed by atoms with Crippen LogP contribution in [0.3, 0.4) is 0 Å². The maximum atomic E-state index is 11.6. The second-order valence-corrected chi connectivity index (χ2v) is 10.1. The average molecular weight is 305 g/mol. The van der Waals surface area contributed by atoms with E-state index in [0.29, 0.717) is 24.4 Å². The predicted molar refractivity (Wildman–Crippen MR) is 85.3 cm³/mol. The maximum Gasteiger partial charge on any atom is 0.211 e. The molecule has 1 N–H and O–H groups in total. The molecule has 0 spiro atoms. The van der Waals surface area contributed by atoms with Crippen molar-refractivity contribution in [3.05, 3.63) is 0 Å². The molecule has 1 unspecified atom stereocenters. The van der Waals surface area contributed by atoms with Crippen molar-refractivity contribution < 1.29 is 8.42 Å². The average Bonchev–Trinajstić information content (AvgIpc) is 2.22. The normalized spacial score (nSPS) is 23.0. The molecule has 1 rings (SSSR count). The molecule has 0 bridgehead atoms. The van der Waals surface area contributed by atoms with Crippen LogP contribution in [0.4, 0.5) is 0 Å². The molecule has 1 heterocycles. The lowest BCUT2D eigenvalue weighted by atomic mass is 9.81. The number of hydrogen-bond acceptors (Lipinski definition) is 3. The molecule has 0 aliphatic carbocycles. The molecule has 1 aliphatic rings. The Labute approximate surface area is 125 Å². The third kappa shape index (κ3) is 6.55. The first kappa shape index (κ1) is 17.9. The summed E-state index contributed by atoms with van der Waals surface area (Å²) in [6, 6.07) is 0. The molecule has 120 valence electrons. The highest BCUT2D eigenvalue weighted by atomic mass is 32.2. The molecular weight excluding hydrogens is 272 g/mol. The van der Waals surface area contributed by atoms with Gasteiger partial charge in [0.15, 0.2) is 0 Å². The van der Waals surface area contributed by atoms with Crippen molar-refractivity contribution in [1.82, 2.24) is 9.62 Å². The molecule has 0 aromatic heterocycles. The Bertz CT molecular complexity index is 410. The highest BCUT2D eigenvalue weighted by Gasteiger charge is 2.29. The lowest BCUT2D eigenvalue weighted by Gasteiger charge is -2.37. The summed E-state index contributed by atoms with van der Waals surface area (Å²) >= 11 is 0. The van der Waals surface area contributed by atoms with Crippen LogP contribution in [0.25, 0.3) is 0 Å². The zero-order chi connectivity index (χ0) is 15.6. The zero-order valence-electron chi connectivity index (χ0n) is 14.0. The minimum absolute atomic E-state index is 0.0889. The van der Waals surface area contributed by atoms with Gasteiger partial charge in [0, 0.05) is 18.6 Å². The Balaban J connectivity index is 2.49. The summed E-state index contributed by atoms with van der Waals surface area (Å²) in [7, 11) is -3.04. The van der Waals surface area contributed by atoms with Crippen LogP contribution in [0.1, 0.15) is 53.9 Å². The molecule has 0 amide bonds. The van der Waals surface area contributed by atoms with Crippen LogP contribution in [0.2, 0.25) is 0 Å². The van der Waals surface area contributed by atoms with Crippen molar-refractivity contribution in [2.75, 3.05) is 25.9 Å². The smallest absolute Gasteiger partial charge is 0.211 e. The zero-order valence-corrected chi connectivity index (χ0v) is 14.8. The van der Waals surface area contributed by atoms with Crippen LogP contribution >= 0.6 is 0 Å². The lowest BCUT2D eigenvalue weighted by Crippen LogP contribution is -2.48. The first-order valence-electron chi connectivity index (χ1n) is 7.59. The maximum absolute atomic E-state index is 11.6. The van der Waals surface area contributed by atoms with Gasteiger partial charge in [-0.05, 0) is 51.0 Å². The van der Waals surface area contributed by atoms with Crippen molar-refractivity contribution >= 4 is 10.0 Å². The Morgan fingerprint density at radius 1 is 1.20 bits per heavy atom. The summed E-state index contributed by atoms with van der Waals surface area (Å²) in [5, 5.41) is 3.64. The van der Waals surface area contributed by atoms with Crippen LogP contribution in [0.5, 0.6) is 0 Å². The summed E-state index contributed by atoms with van der Waals surface area (Å²) < 4.78 is 24.9. The van der Waals surface area contributed by atoms with Gasteiger partial charge >= 0.3 is 0 Å². The molecule has 1 fully saturated rings. The number of piperidine rings is 1. The van der Waals surface area contributed by atoms with Gasteiger partial charge < -0.3 is 5.32 Å². The summed E-state index contributed by atoms with van der Waals surface area (Å²) in [6.07, 6.45) is 4.50. The molecule has 0 saturated carbocycles. The highest BCUT2D eigenvalue weighted by molar-refractivity contribution is 7.88. The molecule has 1 atom stereocenters. The van der Waals surface area contributed by atoms with Gasteiger partial charge in [-0.3, -0.25) is 0 Å². The van der Waals surface area contributed by atoms with Gasteiger partial charge in [-0.2, -0.15) is 0 Å². The first-order chi connectivity index (χ1) is 8.89. The van der Waals surface area contributed by atoms with Gasteiger partial charge in [-0.1, -0.05) is 20.8 Å². The van der Waals surface area contributed by atoms with E-state index in [4.69, 9.17) is 0 Å². The van der Waals surface area contributed by atoms with Gasteiger partial charge in [0.05, 0.1) is 6.26 Å². The second-order valence-electron chi connectivity index (χ2n) is 8.13. The van der Waals surface area contributed by atoms with E-state index in [2.05, 4.69) is 39.9 Å². The van der Waals surface area contributed by atoms with Gasteiger partial charge in [-0.25, -0.2) is 12.7 Å². The minimum Gasteiger partial charge on any atom is -0.311 e. The van der Waals surface area contributed by atoms with E-state index in [-0.39, 0.29) is 5.54 Å². The molecule has 0 aromatic carbocycles. The number of rotatable bonds is 5. The SMILES string of the molecule is CC(C)(C)CC(C)(C)NCC1CCCN(S(C)(=O)=O)C1. The van der Waals surface area contributed by atoms with Crippen LogP contribution in [-0.4, -0.2) is 44.2 Å². The van der Waals surface area contributed by atoms with E-state index < -0.39 is 10.0 Å². The highest BCUT2D eigenvalue weighted by Crippen LogP contribution is 2.27. The summed E-state index contributed by atoms with van der Waals surface area (Å²) in [4.78, 5) is 0. The first-order valence-corrected chi connectivity index (χ1v) is 9.44. The molecule has 20 heavy (non-hydrogen) atoms. The number of hydrogen-bond donors (Lipinski definition) is 1. The van der Waals surface area contributed by atoms with E-state index in [0.717, 1.165) is 25.8 Å². The molecule has 1 aliphatic heterocycles. The molecule has 4 nitrogen and oxygen atoms in total. The number of sulfonamides is 1. The molecular formula is C15H32N2O2S. The van der Waals surface area contributed by atoms with Gasteiger partial charge in [0.25, 0.3) is 0 Å². The summed E-state index contributed by atoms with van der Waals surface area (Å²) in [6.45, 7) is 13.5. The quantitative estimate of drug-likeness (QED) is 0.849. The molecule has 1 saturated heterocycles. The van der Waals surface area contributed by atoms with Crippen LogP contribution in [-0.2, 0) is 10.0 Å². The third-order valence-corrected chi connectivity index (χ3v) is 5.06. The topological polar surface area (TPSA) is 49.4 Å². The molecule has 0 radical (unpaired) electrons. The second kappa shape index (κ2) is 6.32. The van der Waals surface area contributed by atoms with E-state index in [9.17, 15) is 8.42 Å². The van der Waals surface area contributed by atoms with Crippen molar-refractivity contribution in [3.8, 4) is 0 Å². The number of nitrogens with one attached hydrogen (secondary N) is 1. The van der Waals surface area contributed by atoms with Gasteiger partial charge in [0.2, 0.25) is 10.0 Å². The van der Waals surface area contributed by atoms with Gasteiger partial charge in [0.1, 0.15) is 0 Å². The van der Waals surface area contributed by atoms with Crippen molar-refractivity contribution in [3.63, 3.8) is 0 Å². The number of nitrogens with zero attached hydrogens (tertiary/aromatic N) is 1. The Morgan fingerprint density at radius 3 is 2.30 bits per heavy atom. The van der Waals surface area contributed by atoms with Gasteiger partial charge in [-0.15, -0.1) is 0 Å². The molecule has 0 aromatic rings. The van der Waals surface area contributed by atoms with E-state index in [1.807, 2.05) is 0 Å². The Hall–Kier alpha value is -0.130. The monoisotopic (exact) mass is 304 g/mol. The van der Waals surface area contributed by atoms with E-state index >= 15 is 0 Å². The standard InChI is InChI=1S/C15H32N2O2S/c1-14(2,3)12-15(4,5)16-10-13-8-7-9-17(11-13)20(6,18)19/h13,16H,7-12H2,1-6H3. The Morgan fingerprint density at radius 2 is 1.80 bits per heavy atom. The van der Waals surface area contributed by atoms with E-state index in [1.54, 1.807) is 4.31 Å². The van der Waals surface area contributed by atoms with Crippen LogP contribution < -0.4 is 5.32 Å². The van der Waals surface area contributed by atoms with Crippen LogP contribution in [0.15, 0.2) is 0 Å². The van der Waals surface area contributed by atoms with E-state index in [1.165, 1.54) is 6.26 Å². The van der Waals surface area contributed by atoms with Crippen molar-refractivity contribution in [2.45, 2.75) is 59.4 Å². The fourth-order valence-electron chi connectivity index (χ4n) is 3.30. The minimum atomic E-state index is -3.04. The Kier molecular flexibility index (Phi) is 5.67.